The SMILES string of the molecule is COc1ccc(-c2nc(C)c(C(=O)Nc3ccc(-c4ncc5n4CCCC5)cc3)s2)cc1OC. The monoisotopic (exact) mass is 474 g/mol. The first kappa shape index (κ1) is 22.2. The predicted molar refractivity (Wildman–Crippen MR) is 134 cm³/mol. The molecule has 0 bridgehead atoms. The molecule has 0 unspecified atom stereocenters. The summed E-state index contributed by atoms with van der Waals surface area (Å²) in [7, 11) is 3.20. The third-order valence-corrected chi connectivity index (χ3v) is 7.24. The molecule has 0 saturated heterocycles. The van der Waals surface area contributed by atoms with Crippen LogP contribution in [0.1, 0.15) is 33.9 Å². The molecule has 1 aliphatic rings. The van der Waals surface area contributed by atoms with Crippen molar-refractivity contribution in [1.29, 1.82) is 0 Å². The third-order valence-electron chi connectivity index (χ3n) is 6.04. The van der Waals surface area contributed by atoms with Crippen molar-refractivity contribution >= 4 is 22.9 Å². The van der Waals surface area contributed by atoms with E-state index in [0.717, 1.165) is 40.6 Å². The van der Waals surface area contributed by atoms with Crippen LogP contribution in [-0.4, -0.2) is 34.7 Å². The van der Waals surface area contributed by atoms with Crippen LogP contribution in [0.3, 0.4) is 0 Å². The van der Waals surface area contributed by atoms with E-state index in [4.69, 9.17) is 9.47 Å². The lowest BCUT2D eigenvalue weighted by atomic mass is 10.1. The molecule has 2 aromatic carbocycles. The minimum Gasteiger partial charge on any atom is -0.493 e. The van der Waals surface area contributed by atoms with Gasteiger partial charge in [-0.25, -0.2) is 9.97 Å². The molecule has 34 heavy (non-hydrogen) atoms. The number of fused-ring (bicyclic) bond motifs is 1. The number of amides is 1. The van der Waals surface area contributed by atoms with E-state index < -0.39 is 0 Å². The molecule has 4 aromatic rings. The summed E-state index contributed by atoms with van der Waals surface area (Å²) in [6.07, 6.45) is 5.47. The molecule has 1 N–H and O–H groups in total. The molecule has 1 aliphatic heterocycles. The number of carbonyl (C=O) groups is 1. The van der Waals surface area contributed by atoms with Crippen molar-refractivity contribution < 1.29 is 14.3 Å². The largest absolute Gasteiger partial charge is 0.493 e. The highest BCUT2D eigenvalue weighted by Gasteiger charge is 2.19. The third kappa shape index (κ3) is 4.17. The van der Waals surface area contributed by atoms with Crippen molar-refractivity contribution in [3.05, 3.63) is 64.9 Å². The average molecular weight is 475 g/mol. The van der Waals surface area contributed by atoms with Crippen molar-refractivity contribution in [3.8, 4) is 33.5 Å². The van der Waals surface area contributed by atoms with Crippen molar-refractivity contribution in [3.63, 3.8) is 0 Å². The van der Waals surface area contributed by atoms with Crippen LogP contribution < -0.4 is 14.8 Å². The molecule has 2 aromatic heterocycles. The molecule has 3 heterocycles. The molecule has 0 atom stereocenters. The van der Waals surface area contributed by atoms with Gasteiger partial charge in [0.25, 0.3) is 5.91 Å². The highest BCUT2D eigenvalue weighted by atomic mass is 32.1. The van der Waals surface area contributed by atoms with Gasteiger partial charge in [0.2, 0.25) is 0 Å². The van der Waals surface area contributed by atoms with E-state index in [1.165, 1.54) is 29.9 Å². The van der Waals surface area contributed by atoms with E-state index in [2.05, 4.69) is 19.9 Å². The molecule has 0 spiro atoms. The molecule has 5 rings (SSSR count). The fraction of sp³-hybridized carbons (Fsp3) is 0.269. The normalized spacial score (nSPS) is 12.8. The number of ether oxygens (including phenoxy) is 2. The smallest absolute Gasteiger partial charge is 0.267 e. The minimum atomic E-state index is -0.173. The predicted octanol–water partition coefficient (Wildman–Crippen LogP) is 5.59. The van der Waals surface area contributed by atoms with E-state index >= 15 is 0 Å². The zero-order valence-corrected chi connectivity index (χ0v) is 20.2. The number of thiazole rings is 1. The molecule has 0 saturated carbocycles. The van der Waals surface area contributed by atoms with E-state index in [9.17, 15) is 4.79 Å². The lowest BCUT2D eigenvalue weighted by Gasteiger charge is -2.16. The highest BCUT2D eigenvalue weighted by molar-refractivity contribution is 7.17. The fourth-order valence-electron chi connectivity index (χ4n) is 4.26. The van der Waals surface area contributed by atoms with Gasteiger partial charge >= 0.3 is 0 Å². The fourth-order valence-corrected chi connectivity index (χ4v) is 5.21. The van der Waals surface area contributed by atoms with Crippen LogP contribution in [0.5, 0.6) is 11.5 Å². The number of anilines is 1. The van der Waals surface area contributed by atoms with Crippen molar-refractivity contribution in [2.24, 2.45) is 0 Å². The number of nitrogens with one attached hydrogen (secondary N) is 1. The Hall–Kier alpha value is -3.65. The number of imidazole rings is 1. The van der Waals surface area contributed by atoms with Crippen LogP contribution in [0.25, 0.3) is 22.0 Å². The molecule has 8 heteroatoms. The number of rotatable bonds is 6. The van der Waals surface area contributed by atoms with Crippen molar-refractivity contribution in [2.75, 3.05) is 19.5 Å². The first-order valence-electron chi connectivity index (χ1n) is 11.2. The molecule has 0 fully saturated rings. The molecule has 0 aliphatic carbocycles. The van der Waals surface area contributed by atoms with Crippen molar-refractivity contribution in [2.45, 2.75) is 32.7 Å². The molecule has 0 radical (unpaired) electrons. The summed E-state index contributed by atoms with van der Waals surface area (Å²) >= 11 is 1.36. The van der Waals surface area contributed by atoms with Gasteiger partial charge in [-0.05, 0) is 68.7 Å². The van der Waals surface area contributed by atoms with Crippen LogP contribution in [0.4, 0.5) is 5.69 Å². The van der Waals surface area contributed by atoms with Crippen molar-refractivity contribution in [1.82, 2.24) is 14.5 Å². The molecular formula is C26H26N4O3S. The summed E-state index contributed by atoms with van der Waals surface area (Å²) in [6.45, 7) is 2.86. The Morgan fingerprint density at radius 1 is 1.03 bits per heavy atom. The van der Waals surface area contributed by atoms with E-state index in [1.807, 2.05) is 55.6 Å². The van der Waals surface area contributed by atoms with Gasteiger partial charge in [0.15, 0.2) is 11.5 Å². The minimum absolute atomic E-state index is 0.173. The van der Waals surface area contributed by atoms with Gasteiger partial charge in [0, 0.05) is 35.2 Å². The second-order valence-corrected chi connectivity index (χ2v) is 9.22. The van der Waals surface area contributed by atoms with E-state index in [0.29, 0.717) is 22.1 Å². The lowest BCUT2D eigenvalue weighted by molar-refractivity contribution is 0.103. The van der Waals surface area contributed by atoms with Gasteiger partial charge in [-0.2, -0.15) is 0 Å². The second kappa shape index (κ2) is 9.30. The number of benzene rings is 2. The Bertz CT molecular complexity index is 1340. The van der Waals surface area contributed by atoms with Gasteiger partial charge < -0.3 is 19.4 Å². The number of methoxy groups -OCH3 is 2. The summed E-state index contributed by atoms with van der Waals surface area (Å²) in [4.78, 5) is 22.8. The quantitative estimate of drug-likeness (QED) is 0.394. The molecule has 174 valence electrons. The average Bonchev–Trinajstić information content (AvgIpc) is 3.48. The van der Waals surface area contributed by atoms with Crippen LogP contribution in [-0.2, 0) is 13.0 Å². The van der Waals surface area contributed by atoms with Gasteiger partial charge in [0.1, 0.15) is 15.7 Å². The Balaban J connectivity index is 1.33. The van der Waals surface area contributed by atoms with Crippen LogP contribution in [0, 0.1) is 6.92 Å². The van der Waals surface area contributed by atoms with Gasteiger partial charge in [-0.15, -0.1) is 11.3 Å². The first-order valence-corrected chi connectivity index (χ1v) is 12.0. The zero-order valence-electron chi connectivity index (χ0n) is 19.4. The number of carbonyl (C=O) groups excluding carboxylic acids is 1. The van der Waals surface area contributed by atoms with Crippen LogP contribution in [0.2, 0.25) is 0 Å². The van der Waals surface area contributed by atoms with Gasteiger partial charge in [-0.1, -0.05) is 0 Å². The maximum atomic E-state index is 13.0. The van der Waals surface area contributed by atoms with E-state index in [-0.39, 0.29) is 5.91 Å². The van der Waals surface area contributed by atoms with Gasteiger partial charge in [-0.3, -0.25) is 4.79 Å². The van der Waals surface area contributed by atoms with Gasteiger partial charge in [0.05, 0.1) is 19.9 Å². The highest BCUT2D eigenvalue weighted by Crippen LogP contribution is 2.35. The summed E-state index contributed by atoms with van der Waals surface area (Å²) < 4.78 is 13.0. The standard InChI is InChI=1S/C26H26N4O3S/c1-16-23(34-26(28-16)18-9-12-21(32-2)22(14-18)33-3)25(31)29-19-10-7-17(8-11-19)24-27-15-20-6-4-5-13-30(20)24/h7-12,14-15H,4-6,13H2,1-3H3,(H,29,31). The Morgan fingerprint density at radius 3 is 2.56 bits per heavy atom. The Morgan fingerprint density at radius 2 is 1.79 bits per heavy atom. The van der Waals surface area contributed by atoms with Crippen LogP contribution >= 0.6 is 11.3 Å². The first-order chi connectivity index (χ1) is 16.6. The number of nitrogens with zero attached hydrogens (tertiary/aromatic N) is 3. The maximum absolute atomic E-state index is 13.0. The topological polar surface area (TPSA) is 78.3 Å². The Kier molecular flexibility index (Phi) is 6.06. The van der Waals surface area contributed by atoms with Crippen LogP contribution in [0.15, 0.2) is 48.7 Å². The summed E-state index contributed by atoms with van der Waals surface area (Å²) in [5.74, 6) is 2.09. The molecule has 7 nitrogen and oxygen atoms in total. The Labute approximate surface area is 202 Å². The van der Waals surface area contributed by atoms with E-state index in [1.54, 1.807) is 14.2 Å². The molecular weight excluding hydrogens is 448 g/mol. The number of hydrogen-bond donors (Lipinski definition) is 1. The maximum Gasteiger partial charge on any atom is 0.267 e. The number of aromatic nitrogens is 3. The second-order valence-electron chi connectivity index (χ2n) is 8.22. The zero-order chi connectivity index (χ0) is 23.7. The number of aryl methyl sites for hydroxylation is 2. The summed E-state index contributed by atoms with van der Waals surface area (Å²) in [5.41, 5.74) is 4.64. The lowest BCUT2D eigenvalue weighted by Crippen LogP contribution is -2.12. The summed E-state index contributed by atoms with van der Waals surface area (Å²) in [5, 5.41) is 3.75. The molecule has 1 amide bonds. The number of hydrogen-bond acceptors (Lipinski definition) is 6. The summed E-state index contributed by atoms with van der Waals surface area (Å²) in [6, 6.07) is 13.5.